The van der Waals surface area contributed by atoms with Gasteiger partial charge in [0.1, 0.15) is 11.9 Å². The Kier molecular flexibility index (Phi) is 6.33. The van der Waals surface area contributed by atoms with Crippen LogP contribution in [0.3, 0.4) is 0 Å². The fourth-order valence-electron chi connectivity index (χ4n) is 3.81. The molecule has 2 N–H and O–H groups in total. The standard InChI is InChI=1S/C21H30N4O2/c1-4-9-27-19-8-5-15(21(26)24-16-6-7-16)11-18(19)25-20-17(12-22)13(2)10-14(3)23-20/h10,15-16,18-19H,4-9,11H2,1-3H3,(H,23,25)(H,24,26)/t15-,18+,19+/m0/s1. The minimum absolute atomic E-state index is 0.0129. The third-order valence-electron chi connectivity index (χ3n) is 5.40. The molecule has 1 heterocycles. The Balaban J connectivity index is 1.77. The summed E-state index contributed by atoms with van der Waals surface area (Å²) >= 11 is 0. The van der Waals surface area contributed by atoms with Gasteiger partial charge in [0.05, 0.1) is 17.7 Å². The summed E-state index contributed by atoms with van der Waals surface area (Å²) < 4.78 is 6.07. The quantitative estimate of drug-likeness (QED) is 0.769. The predicted octanol–water partition coefficient (Wildman–Crippen LogP) is 3.22. The highest BCUT2D eigenvalue weighted by Gasteiger charge is 2.36. The number of ether oxygens (including phenoxy) is 1. The van der Waals surface area contributed by atoms with Crippen molar-refractivity contribution in [3.8, 4) is 6.07 Å². The molecule has 0 unspecified atom stereocenters. The first kappa shape index (κ1) is 19.6. The molecule has 6 heteroatoms. The topological polar surface area (TPSA) is 87.0 Å². The number of hydrogen-bond donors (Lipinski definition) is 2. The van der Waals surface area contributed by atoms with Gasteiger partial charge in [-0.15, -0.1) is 0 Å². The van der Waals surface area contributed by atoms with Gasteiger partial charge in [-0.25, -0.2) is 4.98 Å². The highest BCUT2D eigenvalue weighted by atomic mass is 16.5. The number of hydrogen-bond acceptors (Lipinski definition) is 5. The molecule has 0 aliphatic heterocycles. The van der Waals surface area contributed by atoms with E-state index in [1.54, 1.807) is 0 Å². The molecule has 1 amide bonds. The van der Waals surface area contributed by atoms with Crippen LogP contribution in [0.25, 0.3) is 0 Å². The summed E-state index contributed by atoms with van der Waals surface area (Å²) in [6.45, 7) is 6.65. The van der Waals surface area contributed by atoms with E-state index in [1.807, 2.05) is 19.9 Å². The number of aromatic nitrogens is 1. The molecule has 3 atom stereocenters. The van der Waals surface area contributed by atoms with Crippen molar-refractivity contribution in [2.24, 2.45) is 5.92 Å². The third kappa shape index (κ3) is 4.98. The Labute approximate surface area is 161 Å². The van der Waals surface area contributed by atoms with Crippen LogP contribution >= 0.6 is 0 Å². The van der Waals surface area contributed by atoms with Crippen LogP contribution in [0.4, 0.5) is 5.82 Å². The van der Waals surface area contributed by atoms with E-state index in [4.69, 9.17) is 4.74 Å². The molecule has 0 radical (unpaired) electrons. The highest BCUT2D eigenvalue weighted by molar-refractivity contribution is 5.79. The molecular formula is C21H30N4O2. The molecule has 3 rings (SSSR count). The van der Waals surface area contributed by atoms with Gasteiger partial charge in [0.25, 0.3) is 0 Å². The van der Waals surface area contributed by atoms with Gasteiger partial charge in [-0.2, -0.15) is 5.26 Å². The number of nitrogens with zero attached hydrogens (tertiary/aromatic N) is 2. The fraction of sp³-hybridized carbons (Fsp3) is 0.667. The monoisotopic (exact) mass is 370 g/mol. The average Bonchev–Trinajstić information content (AvgIpc) is 3.44. The number of carbonyl (C=O) groups is 1. The van der Waals surface area contributed by atoms with Gasteiger partial charge in [0.2, 0.25) is 5.91 Å². The molecule has 6 nitrogen and oxygen atoms in total. The van der Waals surface area contributed by atoms with E-state index in [1.165, 1.54) is 0 Å². The molecule has 2 aliphatic rings. The van der Waals surface area contributed by atoms with E-state index in [9.17, 15) is 10.1 Å². The maximum absolute atomic E-state index is 12.6. The van der Waals surface area contributed by atoms with Crippen LogP contribution < -0.4 is 10.6 Å². The number of aryl methyl sites for hydroxylation is 2. The lowest BCUT2D eigenvalue weighted by Gasteiger charge is -2.36. The minimum Gasteiger partial charge on any atom is -0.376 e. The number of carbonyl (C=O) groups excluding carboxylic acids is 1. The number of rotatable bonds is 7. The Morgan fingerprint density at radius 3 is 2.78 bits per heavy atom. The fourth-order valence-corrected chi connectivity index (χ4v) is 3.81. The van der Waals surface area contributed by atoms with Crippen molar-refractivity contribution < 1.29 is 9.53 Å². The normalized spacial score (nSPS) is 24.9. The lowest BCUT2D eigenvalue weighted by atomic mass is 9.83. The number of anilines is 1. The van der Waals surface area contributed by atoms with E-state index in [0.717, 1.165) is 43.4 Å². The molecule has 2 fully saturated rings. The summed E-state index contributed by atoms with van der Waals surface area (Å²) in [7, 11) is 0. The zero-order valence-electron chi connectivity index (χ0n) is 16.5. The zero-order chi connectivity index (χ0) is 19.4. The van der Waals surface area contributed by atoms with Crippen LogP contribution in [0, 0.1) is 31.1 Å². The van der Waals surface area contributed by atoms with Crippen molar-refractivity contribution in [1.82, 2.24) is 10.3 Å². The van der Waals surface area contributed by atoms with Crippen molar-refractivity contribution >= 4 is 11.7 Å². The van der Waals surface area contributed by atoms with Crippen LogP contribution in [0.1, 0.15) is 62.3 Å². The zero-order valence-corrected chi connectivity index (χ0v) is 16.5. The van der Waals surface area contributed by atoms with E-state index in [2.05, 4.69) is 28.6 Å². The van der Waals surface area contributed by atoms with Gasteiger partial charge in [-0.05, 0) is 64.0 Å². The molecule has 0 spiro atoms. The first-order valence-electron chi connectivity index (χ1n) is 10.1. The molecule has 27 heavy (non-hydrogen) atoms. The minimum atomic E-state index is -0.0268. The lowest BCUT2D eigenvalue weighted by molar-refractivity contribution is -0.127. The summed E-state index contributed by atoms with van der Waals surface area (Å²) in [4.78, 5) is 17.1. The van der Waals surface area contributed by atoms with Gasteiger partial charge in [0, 0.05) is 24.3 Å². The lowest BCUT2D eigenvalue weighted by Crippen LogP contribution is -2.46. The third-order valence-corrected chi connectivity index (χ3v) is 5.40. The van der Waals surface area contributed by atoms with Crippen molar-refractivity contribution in [3.63, 3.8) is 0 Å². The van der Waals surface area contributed by atoms with Crippen molar-refractivity contribution in [3.05, 3.63) is 22.9 Å². The average molecular weight is 370 g/mol. The van der Waals surface area contributed by atoms with Crippen LogP contribution in [0.15, 0.2) is 6.07 Å². The smallest absolute Gasteiger partial charge is 0.223 e. The summed E-state index contributed by atoms with van der Waals surface area (Å²) in [5.74, 6) is 0.751. The number of amides is 1. The van der Waals surface area contributed by atoms with Gasteiger partial charge in [0.15, 0.2) is 0 Å². The number of nitriles is 1. The maximum Gasteiger partial charge on any atom is 0.223 e. The molecule has 1 aromatic heterocycles. The van der Waals surface area contributed by atoms with Crippen molar-refractivity contribution in [1.29, 1.82) is 5.26 Å². The van der Waals surface area contributed by atoms with Crippen LogP contribution in [-0.2, 0) is 9.53 Å². The van der Waals surface area contributed by atoms with Gasteiger partial charge in [-0.1, -0.05) is 6.92 Å². The molecule has 0 bridgehead atoms. The van der Waals surface area contributed by atoms with E-state index >= 15 is 0 Å². The summed E-state index contributed by atoms with van der Waals surface area (Å²) in [5, 5.41) is 16.1. The SMILES string of the molecule is CCCO[C@@H]1CC[C@H](C(=O)NC2CC2)C[C@H]1Nc1nc(C)cc(C)c1C#N. The Morgan fingerprint density at radius 1 is 1.33 bits per heavy atom. The Bertz CT molecular complexity index is 724. The summed E-state index contributed by atoms with van der Waals surface area (Å²) in [6, 6.07) is 4.53. The second kappa shape index (κ2) is 8.71. The first-order valence-corrected chi connectivity index (χ1v) is 10.1. The van der Waals surface area contributed by atoms with E-state index in [0.29, 0.717) is 30.5 Å². The van der Waals surface area contributed by atoms with Crippen LogP contribution in [0.5, 0.6) is 0 Å². The van der Waals surface area contributed by atoms with Gasteiger partial charge in [-0.3, -0.25) is 4.79 Å². The van der Waals surface area contributed by atoms with E-state index < -0.39 is 0 Å². The Morgan fingerprint density at radius 2 is 2.11 bits per heavy atom. The summed E-state index contributed by atoms with van der Waals surface area (Å²) in [5.41, 5.74) is 2.36. The van der Waals surface area contributed by atoms with E-state index in [-0.39, 0.29) is 24.0 Å². The van der Waals surface area contributed by atoms with Gasteiger partial charge < -0.3 is 15.4 Å². The molecule has 0 aromatic carbocycles. The molecule has 0 saturated heterocycles. The van der Waals surface area contributed by atoms with Crippen molar-refractivity contribution in [2.75, 3.05) is 11.9 Å². The largest absolute Gasteiger partial charge is 0.376 e. The molecule has 2 saturated carbocycles. The second-order valence-corrected chi connectivity index (χ2v) is 7.87. The predicted molar refractivity (Wildman–Crippen MR) is 104 cm³/mol. The Hall–Kier alpha value is -2.13. The second-order valence-electron chi connectivity index (χ2n) is 7.87. The first-order chi connectivity index (χ1) is 13.0. The van der Waals surface area contributed by atoms with Crippen molar-refractivity contribution in [2.45, 2.75) is 77.5 Å². The molecule has 1 aromatic rings. The van der Waals surface area contributed by atoms with Crippen LogP contribution in [0.2, 0.25) is 0 Å². The molecule has 2 aliphatic carbocycles. The van der Waals surface area contributed by atoms with Gasteiger partial charge >= 0.3 is 0 Å². The molecule has 146 valence electrons. The van der Waals surface area contributed by atoms with Crippen LogP contribution in [-0.4, -0.2) is 35.7 Å². The molecular weight excluding hydrogens is 340 g/mol. The highest BCUT2D eigenvalue weighted by Crippen LogP contribution is 2.31. The maximum atomic E-state index is 12.6. The number of nitrogens with one attached hydrogen (secondary N) is 2. The number of pyridine rings is 1. The summed E-state index contributed by atoms with van der Waals surface area (Å²) in [6.07, 6.45) is 5.57.